The molecule has 1 unspecified atom stereocenters. The molecule has 1 aromatic carbocycles. The standard InChI is InChI=1S/C17H26N2O3S.ClH/c1-12(2)23(21,22)14-8-6-5-7-13(14)16(20)19-10-9-15(18)17(3,4)11-19;/h5-8,12,15H,9-11,18H2,1-4H3;1H. The van der Waals surface area contributed by atoms with Crippen molar-refractivity contribution >= 4 is 28.2 Å². The summed E-state index contributed by atoms with van der Waals surface area (Å²) in [6, 6.07) is 6.51. The van der Waals surface area contributed by atoms with Gasteiger partial charge in [-0.05, 0) is 37.8 Å². The van der Waals surface area contributed by atoms with Crippen molar-refractivity contribution in [3.05, 3.63) is 29.8 Å². The van der Waals surface area contributed by atoms with Gasteiger partial charge in [0.1, 0.15) is 0 Å². The Labute approximate surface area is 150 Å². The molecule has 2 rings (SSSR count). The predicted molar refractivity (Wildman–Crippen MR) is 98.3 cm³/mol. The number of nitrogens with zero attached hydrogens (tertiary/aromatic N) is 1. The second kappa shape index (κ2) is 7.42. The Morgan fingerprint density at radius 2 is 1.88 bits per heavy atom. The lowest BCUT2D eigenvalue weighted by Crippen LogP contribution is -2.54. The summed E-state index contributed by atoms with van der Waals surface area (Å²) in [5, 5.41) is -0.567. The Morgan fingerprint density at radius 1 is 1.29 bits per heavy atom. The van der Waals surface area contributed by atoms with Crippen molar-refractivity contribution in [3.63, 3.8) is 0 Å². The van der Waals surface area contributed by atoms with Gasteiger partial charge >= 0.3 is 0 Å². The quantitative estimate of drug-likeness (QED) is 0.881. The maximum atomic E-state index is 12.9. The van der Waals surface area contributed by atoms with Crippen LogP contribution in [0.1, 0.15) is 44.5 Å². The highest BCUT2D eigenvalue weighted by molar-refractivity contribution is 7.92. The van der Waals surface area contributed by atoms with Gasteiger partial charge in [0.2, 0.25) is 0 Å². The lowest BCUT2D eigenvalue weighted by atomic mass is 9.79. The molecule has 0 radical (unpaired) electrons. The minimum Gasteiger partial charge on any atom is -0.338 e. The molecule has 1 saturated heterocycles. The minimum absolute atomic E-state index is 0. The van der Waals surface area contributed by atoms with E-state index in [-0.39, 0.29) is 40.2 Å². The van der Waals surface area contributed by atoms with E-state index in [1.807, 2.05) is 13.8 Å². The van der Waals surface area contributed by atoms with E-state index in [2.05, 4.69) is 0 Å². The fourth-order valence-corrected chi connectivity index (χ4v) is 4.10. The van der Waals surface area contributed by atoms with Crippen molar-refractivity contribution < 1.29 is 13.2 Å². The molecule has 24 heavy (non-hydrogen) atoms. The Morgan fingerprint density at radius 3 is 2.42 bits per heavy atom. The van der Waals surface area contributed by atoms with Gasteiger partial charge in [0.05, 0.1) is 15.7 Å². The maximum Gasteiger partial charge on any atom is 0.255 e. The van der Waals surface area contributed by atoms with E-state index in [0.29, 0.717) is 13.1 Å². The van der Waals surface area contributed by atoms with Gasteiger partial charge in [0, 0.05) is 19.1 Å². The molecule has 5 nitrogen and oxygen atoms in total. The topological polar surface area (TPSA) is 80.5 Å². The number of amides is 1. The first-order valence-electron chi connectivity index (χ1n) is 7.95. The number of halogens is 1. The lowest BCUT2D eigenvalue weighted by molar-refractivity contribution is 0.0529. The minimum atomic E-state index is -3.50. The monoisotopic (exact) mass is 374 g/mol. The summed E-state index contributed by atoms with van der Waals surface area (Å²) >= 11 is 0. The number of piperidine rings is 1. The molecule has 0 aromatic heterocycles. The second-order valence-corrected chi connectivity index (χ2v) is 9.67. The molecule has 1 heterocycles. The van der Waals surface area contributed by atoms with E-state index in [1.54, 1.807) is 36.9 Å². The fraction of sp³-hybridized carbons (Fsp3) is 0.588. The average molecular weight is 375 g/mol. The van der Waals surface area contributed by atoms with Gasteiger partial charge in [-0.15, -0.1) is 12.4 Å². The summed E-state index contributed by atoms with van der Waals surface area (Å²) in [6.07, 6.45) is 0.720. The first kappa shape index (κ1) is 20.9. The number of hydrogen-bond donors (Lipinski definition) is 1. The molecule has 1 aliphatic heterocycles. The van der Waals surface area contributed by atoms with Crippen LogP contribution in [-0.4, -0.2) is 43.6 Å². The Kier molecular flexibility index (Phi) is 6.47. The Balaban J connectivity index is 0.00000288. The molecule has 0 aliphatic carbocycles. The molecule has 0 spiro atoms. The van der Waals surface area contributed by atoms with Gasteiger partial charge in [-0.3, -0.25) is 4.79 Å². The zero-order chi connectivity index (χ0) is 17.4. The van der Waals surface area contributed by atoms with Gasteiger partial charge in [-0.1, -0.05) is 26.0 Å². The molecule has 2 N–H and O–H groups in total. The maximum absolute atomic E-state index is 12.9. The molecule has 0 saturated carbocycles. The van der Waals surface area contributed by atoms with Crippen LogP contribution < -0.4 is 5.73 Å². The second-order valence-electron chi connectivity index (χ2n) is 7.20. The van der Waals surface area contributed by atoms with Crippen molar-refractivity contribution in [1.82, 2.24) is 4.90 Å². The van der Waals surface area contributed by atoms with E-state index in [9.17, 15) is 13.2 Å². The molecule has 0 bridgehead atoms. The number of rotatable bonds is 3. The molecule has 136 valence electrons. The third kappa shape index (κ3) is 3.92. The van der Waals surface area contributed by atoms with E-state index >= 15 is 0 Å². The highest BCUT2D eigenvalue weighted by atomic mass is 35.5. The summed E-state index contributed by atoms with van der Waals surface area (Å²) in [5.41, 5.74) is 6.19. The van der Waals surface area contributed by atoms with Gasteiger partial charge < -0.3 is 10.6 Å². The number of hydrogen-bond acceptors (Lipinski definition) is 4. The first-order chi connectivity index (χ1) is 10.6. The zero-order valence-corrected chi connectivity index (χ0v) is 16.3. The SMILES string of the molecule is CC(C)S(=O)(=O)c1ccccc1C(=O)N1CCC(N)C(C)(C)C1.Cl. The first-order valence-corrected chi connectivity index (χ1v) is 9.50. The van der Waals surface area contributed by atoms with Crippen LogP contribution in [0.2, 0.25) is 0 Å². The molecular weight excluding hydrogens is 348 g/mol. The van der Waals surface area contributed by atoms with Crippen molar-refractivity contribution in [2.75, 3.05) is 13.1 Å². The van der Waals surface area contributed by atoms with Crippen molar-refractivity contribution in [2.24, 2.45) is 11.1 Å². The van der Waals surface area contributed by atoms with Crippen molar-refractivity contribution in [2.45, 2.75) is 50.3 Å². The largest absolute Gasteiger partial charge is 0.338 e. The molecule has 1 atom stereocenters. The predicted octanol–water partition coefficient (Wildman–Crippen LogP) is 2.49. The molecule has 1 aromatic rings. The fourth-order valence-electron chi connectivity index (χ4n) is 2.86. The average Bonchev–Trinajstić information content (AvgIpc) is 2.49. The number of likely N-dealkylation sites (tertiary alicyclic amines) is 1. The normalized spacial score (nSPS) is 20.6. The van der Waals surface area contributed by atoms with E-state index in [4.69, 9.17) is 5.73 Å². The summed E-state index contributed by atoms with van der Waals surface area (Å²) < 4.78 is 25.1. The molecular formula is C17H27ClN2O3S. The van der Waals surface area contributed by atoms with Crippen LogP contribution in [0.3, 0.4) is 0 Å². The summed E-state index contributed by atoms with van der Waals surface area (Å²) in [5.74, 6) is -0.232. The number of carbonyl (C=O) groups excluding carboxylic acids is 1. The van der Waals surface area contributed by atoms with Gasteiger partial charge in [0.25, 0.3) is 5.91 Å². The van der Waals surface area contributed by atoms with Crippen LogP contribution in [0.4, 0.5) is 0 Å². The summed E-state index contributed by atoms with van der Waals surface area (Å²) in [7, 11) is -3.50. The lowest BCUT2D eigenvalue weighted by Gasteiger charge is -2.42. The number of sulfone groups is 1. The van der Waals surface area contributed by atoms with Crippen molar-refractivity contribution in [3.8, 4) is 0 Å². The smallest absolute Gasteiger partial charge is 0.255 e. The van der Waals surface area contributed by atoms with E-state index in [1.165, 1.54) is 6.07 Å². The van der Waals surface area contributed by atoms with Crippen LogP contribution in [0, 0.1) is 5.41 Å². The number of benzene rings is 1. The summed E-state index contributed by atoms with van der Waals surface area (Å²) in [4.78, 5) is 14.7. The van der Waals surface area contributed by atoms with Gasteiger partial charge in [0.15, 0.2) is 9.84 Å². The van der Waals surface area contributed by atoms with E-state index < -0.39 is 15.1 Å². The Bertz CT molecular complexity index is 702. The van der Waals surface area contributed by atoms with Crippen LogP contribution >= 0.6 is 12.4 Å². The molecule has 7 heteroatoms. The number of carbonyl (C=O) groups is 1. The summed E-state index contributed by atoms with van der Waals surface area (Å²) in [6.45, 7) is 8.41. The highest BCUT2D eigenvalue weighted by Crippen LogP contribution is 2.30. The third-order valence-electron chi connectivity index (χ3n) is 4.64. The van der Waals surface area contributed by atoms with Gasteiger partial charge in [-0.2, -0.15) is 0 Å². The van der Waals surface area contributed by atoms with E-state index in [0.717, 1.165) is 6.42 Å². The zero-order valence-electron chi connectivity index (χ0n) is 14.7. The van der Waals surface area contributed by atoms with Crippen LogP contribution in [-0.2, 0) is 9.84 Å². The van der Waals surface area contributed by atoms with Crippen LogP contribution in [0.5, 0.6) is 0 Å². The molecule has 1 amide bonds. The van der Waals surface area contributed by atoms with Crippen LogP contribution in [0.25, 0.3) is 0 Å². The highest BCUT2D eigenvalue weighted by Gasteiger charge is 2.37. The number of nitrogens with two attached hydrogens (primary N) is 1. The third-order valence-corrected chi connectivity index (χ3v) is 6.85. The molecule has 1 fully saturated rings. The van der Waals surface area contributed by atoms with Crippen molar-refractivity contribution in [1.29, 1.82) is 0 Å². The molecule has 1 aliphatic rings. The van der Waals surface area contributed by atoms with Gasteiger partial charge in [-0.25, -0.2) is 8.42 Å². The Hall–Kier alpha value is -1.11. The van der Waals surface area contributed by atoms with Crippen LogP contribution in [0.15, 0.2) is 29.2 Å².